The van der Waals surface area contributed by atoms with Gasteiger partial charge in [0.05, 0.1) is 48.7 Å². The molecule has 0 N–H and O–H groups in total. The summed E-state index contributed by atoms with van der Waals surface area (Å²) in [6.45, 7) is 8.41. The van der Waals surface area contributed by atoms with Gasteiger partial charge in [-0.3, -0.25) is 29.0 Å². The number of hydrogen-bond donors (Lipinski definition) is 0. The van der Waals surface area contributed by atoms with E-state index < -0.39 is 23.9 Å². The Hall–Kier alpha value is -9.04. The van der Waals surface area contributed by atoms with E-state index in [9.17, 15) is 38.4 Å². The van der Waals surface area contributed by atoms with Gasteiger partial charge >= 0.3 is 23.9 Å². The molecule has 0 saturated heterocycles. The van der Waals surface area contributed by atoms with Crippen LogP contribution in [0, 0.1) is 0 Å². The lowest BCUT2D eigenvalue weighted by Gasteiger charge is -2.28. The molecule has 0 saturated carbocycles. The maximum atomic E-state index is 14.3. The van der Waals surface area contributed by atoms with Crippen LogP contribution in [-0.2, 0) is 18.9 Å². The van der Waals surface area contributed by atoms with E-state index in [0.29, 0.717) is 115 Å². The molecule has 396 valence electrons. The van der Waals surface area contributed by atoms with Crippen LogP contribution in [0.25, 0.3) is 86.2 Å². The molecule has 2 aliphatic heterocycles. The van der Waals surface area contributed by atoms with E-state index in [1.54, 1.807) is 60.7 Å². The molecule has 0 aliphatic carbocycles. The number of benzene rings is 10. The van der Waals surface area contributed by atoms with Gasteiger partial charge in [-0.15, -0.1) is 0 Å². The van der Waals surface area contributed by atoms with Gasteiger partial charge in [-0.2, -0.15) is 0 Å². The monoisotopic (exact) mass is 1050 g/mol. The number of amides is 4. The SMILES string of the molecule is CCCCN1C(=O)c2ccc3c4ccc(C(=O)OCCC)c5c(C(=O)OCCCOC(=O)c6ccc7c8ccc9c%10c(ccc(c%11ccc(C(=O)OCCC)c6c%117)c%108)C(=O)N(CCCC)C9=O)ccc(c6ccc(c2c36)C1=O)c54. The number of rotatable bonds is 18. The van der Waals surface area contributed by atoms with E-state index in [1.807, 2.05) is 64.1 Å². The molecule has 0 radical (unpaired) electrons. The molecule has 0 fully saturated rings. The van der Waals surface area contributed by atoms with Gasteiger partial charge < -0.3 is 18.9 Å². The molecule has 12 rings (SSSR count). The Bertz CT molecular complexity index is 3890. The van der Waals surface area contributed by atoms with Crippen molar-refractivity contribution in [3.63, 3.8) is 0 Å². The topological polar surface area (TPSA) is 180 Å². The van der Waals surface area contributed by atoms with Gasteiger partial charge in [0.2, 0.25) is 0 Å². The first-order valence-electron chi connectivity index (χ1n) is 27.2. The average Bonchev–Trinajstić information content (AvgIpc) is 3.61. The summed E-state index contributed by atoms with van der Waals surface area (Å²) in [6.07, 6.45) is 4.26. The third-order valence-electron chi connectivity index (χ3n) is 15.7. The van der Waals surface area contributed by atoms with Crippen LogP contribution in [0.15, 0.2) is 97.1 Å². The smallest absolute Gasteiger partial charge is 0.338 e. The minimum absolute atomic E-state index is 0.0948. The summed E-state index contributed by atoms with van der Waals surface area (Å²) in [6, 6.07) is 28.1. The summed E-state index contributed by atoms with van der Waals surface area (Å²) >= 11 is 0. The Labute approximate surface area is 452 Å². The molecule has 10 aromatic rings. The third kappa shape index (κ3) is 7.81. The zero-order valence-electron chi connectivity index (χ0n) is 44.2. The van der Waals surface area contributed by atoms with Crippen molar-refractivity contribution in [1.29, 1.82) is 0 Å². The van der Waals surface area contributed by atoms with Crippen LogP contribution in [0.5, 0.6) is 0 Å². The molecule has 10 aromatic carbocycles. The minimum atomic E-state index is -0.721. The molecule has 14 nitrogen and oxygen atoms in total. The fraction of sp³-hybridized carbons (Fsp3) is 0.262. The molecule has 0 spiro atoms. The van der Waals surface area contributed by atoms with E-state index in [4.69, 9.17) is 18.9 Å². The number of fused-ring (bicyclic) bond motifs is 4. The van der Waals surface area contributed by atoms with Crippen molar-refractivity contribution in [1.82, 2.24) is 9.80 Å². The molecular formula is C65H54N2O12. The van der Waals surface area contributed by atoms with Crippen molar-refractivity contribution >= 4 is 134 Å². The average molecular weight is 1060 g/mol. The van der Waals surface area contributed by atoms with Gasteiger partial charge in [-0.1, -0.05) is 89.1 Å². The van der Waals surface area contributed by atoms with Crippen LogP contribution in [-0.4, -0.2) is 96.8 Å². The maximum Gasteiger partial charge on any atom is 0.338 e. The van der Waals surface area contributed by atoms with Crippen LogP contribution in [0.4, 0.5) is 0 Å². The van der Waals surface area contributed by atoms with E-state index in [1.165, 1.54) is 9.80 Å². The molecule has 14 heteroatoms. The van der Waals surface area contributed by atoms with E-state index >= 15 is 0 Å². The second-order valence-corrected chi connectivity index (χ2v) is 20.4. The Balaban J connectivity index is 0.855. The fourth-order valence-electron chi connectivity index (χ4n) is 12.1. The van der Waals surface area contributed by atoms with Gasteiger partial charge in [-0.25, -0.2) is 19.2 Å². The Morgan fingerprint density at radius 3 is 0.823 bits per heavy atom. The highest BCUT2D eigenvalue weighted by Crippen LogP contribution is 2.48. The Morgan fingerprint density at radius 2 is 0.557 bits per heavy atom. The van der Waals surface area contributed by atoms with Crippen molar-refractivity contribution in [3.05, 3.63) is 142 Å². The number of carbonyl (C=O) groups excluding carboxylic acids is 8. The molecule has 2 aliphatic rings. The number of hydrogen-bond acceptors (Lipinski definition) is 12. The standard InChI is InChI=1S/C65H54N2O12/c1-5-9-28-66-58(68)42-20-12-34-38-16-24-46(62(72)76-30-7-3)56-48(26-18-40(52(38)56)36-14-22-44(60(66)70)54(42)50(34)36)64(74)78-32-11-33-79-65(75)49-27-19-41-37-15-23-45-55-43(59(69)67(61(45)71)29-10-6-2)21-13-35(51(37)55)39-17-25-47(57(49)53(39)41)63(73)77-31-8-4/h12-27H,5-11,28-33H2,1-4H3. The summed E-state index contributed by atoms with van der Waals surface area (Å²) < 4.78 is 23.1. The predicted molar refractivity (Wildman–Crippen MR) is 302 cm³/mol. The van der Waals surface area contributed by atoms with E-state index in [0.717, 1.165) is 45.2 Å². The van der Waals surface area contributed by atoms with Gasteiger partial charge in [0.15, 0.2) is 0 Å². The highest BCUT2D eigenvalue weighted by molar-refractivity contribution is 6.42. The fourth-order valence-corrected chi connectivity index (χ4v) is 12.1. The number of imide groups is 2. The lowest BCUT2D eigenvalue weighted by Crippen LogP contribution is -2.40. The normalized spacial score (nSPS) is 13.5. The van der Waals surface area contributed by atoms with Gasteiger partial charge in [0, 0.05) is 63.3 Å². The van der Waals surface area contributed by atoms with E-state index in [-0.39, 0.29) is 78.7 Å². The lowest BCUT2D eigenvalue weighted by molar-refractivity contribution is 0.0395. The number of ether oxygens (including phenoxy) is 4. The van der Waals surface area contributed by atoms with Crippen molar-refractivity contribution < 1.29 is 57.3 Å². The first-order chi connectivity index (χ1) is 38.4. The Kier molecular flexibility index (Phi) is 12.9. The quantitative estimate of drug-likeness (QED) is 0.0198. The molecule has 2 heterocycles. The van der Waals surface area contributed by atoms with Crippen LogP contribution in [0.1, 0.15) is 156 Å². The summed E-state index contributed by atoms with van der Waals surface area (Å²) in [5.41, 5.74) is 2.34. The van der Waals surface area contributed by atoms with Crippen LogP contribution in [0.2, 0.25) is 0 Å². The summed E-state index contributed by atoms with van der Waals surface area (Å²) in [4.78, 5) is 114. The van der Waals surface area contributed by atoms with Crippen LogP contribution < -0.4 is 0 Å². The third-order valence-corrected chi connectivity index (χ3v) is 15.7. The summed E-state index contributed by atoms with van der Waals surface area (Å²) in [7, 11) is 0. The van der Waals surface area contributed by atoms with Gasteiger partial charge in [0.1, 0.15) is 0 Å². The molecule has 4 amide bonds. The van der Waals surface area contributed by atoms with Gasteiger partial charge in [-0.05, 0) is 139 Å². The number of unbranched alkanes of at least 4 members (excludes halogenated alkanes) is 2. The second-order valence-electron chi connectivity index (χ2n) is 20.4. The largest absolute Gasteiger partial charge is 0.462 e. The maximum absolute atomic E-state index is 14.3. The van der Waals surface area contributed by atoms with Crippen LogP contribution >= 0.6 is 0 Å². The Morgan fingerprint density at radius 1 is 0.304 bits per heavy atom. The van der Waals surface area contributed by atoms with Crippen molar-refractivity contribution in [2.45, 2.75) is 72.6 Å². The van der Waals surface area contributed by atoms with Crippen molar-refractivity contribution in [3.8, 4) is 0 Å². The number of carbonyl (C=O) groups is 8. The minimum Gasteiger partial charge on any atom is -0.462 e. The zero-order valence-corrected chi connectivity index (χ0v) is 44.2. The number of esters is 4. The van der Waals surface area contributed by atoms with Crippen LogP contribution in [0.3, 0.4) is 0 Å². The van der Waals surface area contributed by atoms with Gasteiger partial charge in [0.25, 0.3) is 23.6 Å². The molecule has 0 aromatic heterocycles. The molecule has 0 bridgehead atoms. The predicted octanol–water partition coefficient (Wildman–Crippen LogP) is 13.1. The first kappa shape index (κ1) is 50.8. The molecular weight excluding hydrogens is 1000 g/mol. The second kappa shape index (κ2) is 20.1. The van der Waals surface area contributed by atoms with Crippen molar-refractivity contribution in [2.75, 3.05) is 39.5 Å². The van der Waals surface area contributed by atoms with E-state index in [2.05, 4.69) is 0 Å². The first-order valence-corrected chi connectivity index (χ1v) is 27.2. The zero-order chi connectivity index (χ0) is 55.0. The highest BCUT2D eigenvalue weighted by atomic mass is 16.5. The molecule has 0 atom stereocenters. The van der Waals surface area contributed by atoms with Crippen molar-refractivity contribution in [2.24, 2.45) is 0 Å². The number of nitrogens with zero attached hydrogens (tertiary/aromatic N) is 2. The summed E-state index contributed by atoms with van der Waals surface area (Å²) in [5, 5.41) is 10.3. The summed E-state index contributed by atoms with van der Waals surface area (Å²) in [5.74, 6) is -4.03. The highest BCUT2D eigenvalue weighted by Gasteiger charge is 2.37. The lowest BCUT2D eigenvalue weighted by atomic mass is 9.83. The molecule has 79 heavy (non-hydrogen) atoms. The molecule has 0 unspecified atom stereocenters.